The van der Waals surface area contributed by atoms with Crippen LogP contribution in [0.4, 0.5) is 5.13 Å². The second-order valence-corrected chi connectivity index (χ2v) is 8.07. The van der Waals surface area contributed by atoms with Crippen molar-refractivity contribution in [1.82, 2.24) is 19.9 Å². The summed E-state index contributed by atoms with van der Waals surface area (Å²) in [6.45, 7) is 1.74. The Morgan fingerprint density at radius 3 is 3.14 bits per heavy atom. The van der Waals surface area contributed by atoms with Gasteiger partial charge in [-0.05, 0) is 31.0 Å². The van der Waals surface area contributed by atoms with Crippen LogP contribution in [0.15, 0.2) is 24.5 Å². The fourth-order valence-electron chi connectivity index (χ4n) is 3.64. The maximum Gasteiger partial charge on any atom is 0.255 e. The van der Waals surface area contributed by atoms with Gasteiger partial charge in [0.2, 0.25) is 0 Å². The van der Waals surface area contributed by atoms with Gasteiger partial charge in [0.25, 0.3) is 11.8 Å². The number of aromatic nitrogens is 3. The Kier molecular flexibility index (Phi) is 4.33. The first kappa shape index (κ1) is 17.3. The largest absolute Gasteiger partial charge is 0.368 e. The molecule has 1 unspecified atom stereocenters. The summed E-state index contributed by atoms with van der Waals surface area (Å²) in [5.41, 5.74) is 3.28. The average molecular weight is 397 g/mol. The van der Waals surface area contributed by atoms with Crippen LogP contribution in [-0.4, -0.2) is 50.9 Å². The predicted molar refractivity (Wildman–Crippen MR) is 104 cm³/mol. The van der Waals surface area contributed by atoms with Crippen molar-refractivity contribution in [3.05, 3.63) is 40.7 Å². The summed E-state index contributed by atoms with van der Waals surface area (Å²) in [6.07, 6.45) is 3.58. The fourth-order valence-corrected chi connectivity index (χ4v) is 4.67. The van der Waals surface area contributed by atoms with Crippen LogP contribution in [0.2, 0.25) is 0 Å². The van der Waals surface area contributed by atoms with Crippen LogP contribution in [-0.2, 0) is 22.5 Å². The third kappa shape index (κ3) is 3.16. The van der Waals surface area contributed by atoms with Gasteiger partial charge in [0.05, 0.1) is 29.6 Å². The Bertz CT molecular complexity index is 1050. The summed E-state index contributed by atoms with van der Waals surface area (Å²) in [4.78, 5) is 39.8. The van der Waals surface area contributed by atoms with Crippen molar-refractivity contribution in [2.45, 2.75) is 31.9 Å². The maximum atomic E-state index is 12.9. The van der Waals surface area contributed by atoms with E-state index >= 15 is 0 Å². The van der Waals surface area contributed by atoms with Crippen LogP contribution < -0.4 is 5.32 Å². The highest BCUT2D eigenvalue weighted by Gasteiger charge is 2.28. The second kappa shape index (κ2) is 6.99. The molecule has 2 aliphatic heterocycles. The molecular weight excluding hydrogens is 378 g/mol. The number of carbonyl (C=O) groups is 2. The van der Waals surface area contributed by atoms with Crippen molar-refractivity contribution < 1.29 is 14.3 Å². The molecule has 0 aliphatic carbocycles. The summed E-state index contributed by atoms with van der Waals surface area (Å²) < 4.78 is 5.42. The highest BCUT2D eigenvalue weighted by atomic mass is 32.1. The molecule has 4 heterocycles. The number of nitrogens with one attached hydrogen (secondary N) is 2. The summed E-state index contributed by atoms with van der Waals surface area (Å²) in [6, 6.07) is 5.49. The van der Waals surface area contributed by atoms with Gasteiger partial charge < -0.3 is 14.6 Å². The van der Waals surface area contributed by atoms with E-state index in [4.69, 9.17) is 4.74 Å². The number of carbonyl (C=O) groups excluding carboxylic acids is 2. The van der Waals surface area contributed by atoms with E-state index in [1.165, 1.54) is 11.3 Å². The minimum Gasteiger partial charge on any atom is -0.368 e. The standard InChI is InChI=1S/C19H19N5O3S/c25-17(15-2-1-7-27-15)23-19-22-13-5-6-24(9-16(13)28-19)18(26)11-3-4-12-14(8-11)21-10-20-12/h3-4,8,10,15H,1-2,5-7,9H2,(H,20,21)(H,22,23,25). The third-order valence-corrected chi connectivity index (χ3v) is 6.14. The number of hydrogen-bond donors (Lipinski definition) is 2. The second-order valence-electron chi connectivity index (χ2n) is 6.99. The molecule has 2 N–H and O–H groups in total. The van der Waals surface area contributed by atoms with Crippen molar-refractivity contribution in [2.24, 2.45) is 0 Å². The molecule has 2 aliphatic rings. The Hall–Kier alpha value is -2.78. The van der Waals surface area contributed by atoms with Gasteiger partial charge in [-0.2, -0.15) is 0 Å². The van der Waals surface area contributed by atoms with E-state index in [2.05, 4.69) is 20.3 Å². The van der Waals surface area contributed by atoms with Gasteiger partial charge in [-0.25, -0.2) is 9.97 Å². The van der Waals surface area contributed by atoms with Gasteiger partial charge in [-0.3, -0.25) is 14.9 Å². The number of fused-ring (bicyclic) bond motifs is 2. The first-order valence-corrected chi connectivity index (χ1v) is 10.1. The van der Waals surface area contributed by atoms with Gasteiger partial charge >= 0.3 is 0 Å². The molecule has 0 saturated carbocycles. The third-order valence-electron chi connectivity index (χ3n) is 5.14. The summed E-state index contributed by atoms with van der Waals surface area (Å²) in [7, 11) is 0. The predicted octanol–water partition coefficient (Wildman–Crippen LogP) is 2.34. The number of ether oxygens (including phenoxy) is 1. The quantitative estimate of drug-likeness (QED) is 0.707. The van der Waals surface area contributed by atoms with Crippen LogP contribution in [0, 0.1) is 0 Å². The van der Waals surface area contributed by atoms with Crippen LogP contribution in [0.3, 0.4) is 0 Å². The lowest BCUT2D eigenvalue weighted by molar-refractivity contribution is -0.124. The molecule has 2 amide bonds. The number of amides is 2. The smallest absolute Gasteiger partial charge is 0.255 e. The van der Waals surface area contributed by atoms with Crippen LogP contribution in [0.1, 0.15) is 33.8 Å². The lowest BCUT2D eigenvalue weighted by Crippen LogP contribution is -2.35. The Morgan fingerprint density at radius 2 is 2.29 bits per heavy atom. The Labute approximate surface area is 164 Å². The minimum absolute atomic E-state index is 0.0134. The molecule has 2 aromatic heterocycles. The molecule has 0 radical (unpaired) electrons. The molecule has 0 bridgehead atoms. The zero-order valence-electron chi connectivity index (χ0n) is 15.1. The molecule has 5 rings (SSSR count). The average Bonchev–Trinajstić information content (AvgIpc) is 3.45. The molecule has 1 aromatic carbocycles. The molecule has 1 atom stereocenters. The van der Waals surface area contributed by atoms with Crippen molar-refractivity contribution in [1.29, 1.82) is 0 Å². The van der Waals surface area contributed by atoms with Crippen molar-refractivity contribution in [3.8, 4) is 0 Å². The maximum absolute atomic E-state index is 12.9. The van der Waals surface area contributed by atoms with E-state index < -0.39 is 0 Å². The first-order chi connectivity index (χ1) is 13.7. The summed E-state index contributed by atoms with van der Waals surface area (Å²) >= 11 is 1.43. The summed E-state index contributed by atoms with van der Waals surface area (Å²) in [5, 5.41) is 3.45. The lowest BCUT2D eigenvalue weighted by atomic mass is 10.1. The van der Waals surface area contributed by atoms with Crippen molar-refractivity contribution in [2.75, 3.05) is 18.5 Å². The van der Waals surface area contributed by atoms with E-state index in [1.807, 2.05) is 17.0 Å². The van der Waals surface area contributed by atoms with Crippen molar-refractivity contribution in [3.63, 3.8) is 0 Å². The number of benzene rings is 1. The topological polar surface area (TPSA) is 100 Å². The van der Waals surface area contributed by atoms with Gasteiger partial charge in [-0.1, -0.05) is 11.3 Å². The molecule has 8 nitrogen and oxygen atoms in total. The lowest BCUT2D eigenvalue weighted by Gasteiger charge is -2.26. The van der Waals surface area contributed by atoms with Crippen LogP contribution in [0.5, 0.6) is 0 Å². The number of imidazole rings is 1. The van der Waals surface area contributed by atoms with Crippen LogP contribution >= 0.6 is 11.3 Å². The van der Waals surface area contributed by atoms with E-state index in [0.717, 1.165) is 34.4 Å². The fraction of sp³-hybridized carbons (Fsp3) is 0.368. The molecular formula is C19H19N5O3S. The Balaban J connectivity index is 1.30. The molecule has 3 aromatic rings. The number of anilines is 1. The molecule has 28 heavy (non-hydrogen) atoms. The molecule has 0 spiro atoms. The molecule has 1 fully saturated rings. The number of rotatable bonds is 3. The number of H-pyrrole nitrogens is 1. The highest BCUT2D eigenvalue weighted by molar-refractivity contribution is 7.15. The van der Waals surface area contributed by atoms with E-state index in [-0.39, 0.29) is 17.9 Å². The van der Waals surface area contributed by atoms with E-state index in [9.17, 15) is 9.59 Å². The normalized spacial score (nSPS) is 19.0. The molecule has 9 heteroatoms. The Morgan fingerprint density at radius 1 is 1.36 bits per heavy atom. The summed E-state index contributed by atoms with van der Waals surface area (Å²) in [5.74, 6) is -0.148. The zero-order chi connectivity index (χ0) is 19.1. The number of thiazole rings is 1. The number of aromatic amines is 1. The highest BCUT2D eigenvalue weighted by Crippen LogP contribution is 2.29. The minimum atomic E-state index is -0.378. The SMILES string of the molecule is O=C(Nc1nc2c(s1)CN(C(=O)c1ccc3nc[nH]c3c1)CC2)C1CCCO1. The monoisotopic (exact) mass is 397 g/mol. The van der Waals surface area contributed by atoms with Gasteiger partial charge in [0.1, 0.15) is 6.10 Å². The van der Waals surface area contributed by atoms with Gasteiger partial charge in [0.15, 0.2) is 5.13 Å². The number of nitrogens with zero attached hydrogens (tertiary/aromatic N) is 3. The number of hydrogen-bond acceptors (Lipinski definition) is 6. The van der Waals surface area contributed by atoms with Crippen LogP contribution in [0.25, 0.3) is 11.0 Å². The van der Waals surface area contributed by atoms with Gasteiger partial charge in [-0.15, -0.1) is 0 Å². The molecule has 144 valence electrons. The molecule has 1 saturated heterocycles. The van der Waals surface area contributed by atoms with E-state index in [1.54, 1.807) is 12.4 Å². The first-order valence-electron chi connectivity index (χ1n) is 9.31. The van der Waals surface area contributed by atoms with E-state index in [0.29, 0.717) is 36.8 Å². The van der Waals surface area contributed by atoms with Crippen molar-refractivity contribution >= 4 is 39.3 Å². The van der Waals surface area contributed by atoms with Gasteiger partial charge in [0, 0.05) is 30.0 Å². The zero-order valence-corrected chi connectivity index (χ0v) is 15.9.